The third-order valence-corrected chi connectivity index (χ3v) is 5.74. The number of hydrogen-bond donors (Lipinski definition) is 0. The Balaban J connectivity index is 1.78. The van der Waals surface area contributed by atoms with Crippen LogP contribution in [0.4, 0.5) is 5.69 Å². The second kappa shape index (κ2) is 7.94. The Labute approximate surface area is 174 Å². The Morgan fingerprint density at radius 3 is 2.57 bits per heavy atom. The van der Waals surface area contributed by atoms with Crippen molar-refractivity contribution in [3.8, 4) is 0 Å². The molecule has 142 valence electrons. The normalized spacial score (nSPS) is 20.1. The van der Waals surface area contributed by atoms with E-state index in [-0.39, 0.29) is 24.0 Å². The van der Waals surface area contributed by atoms with Crippen molar-refractivity contribution in [2.24, 2.45) is 5.92 Å². The molecule has 0 fully saturated rings. The zero-order chi connectivity index (χ0) is 19.7. The summed E-state index contributed by atoms with van der Waals surface area (Å²) in [4.78, 5) is 27.5. The number of ketones is 1. The summed E-state index contributed by atoms with van der Waals surface area (Å²) in [5.74, 6) is -0.176. The standard InChI is InChI=1S/C23H19Cl2NO2/c24-17-11-12-18(25)20(14-17)26-19-7-4-8-21(27)23(19)16(13-22(26)28)10-9-15-5-2-1-3-6-15/h1-3,5-6,9-12,14,16H,4,7-8,13H2/b10-9+. The van der Waals surface area contributed by atoms with Crippen molar-refractivity contribution in [2.75, 3.05) is 4.90 Å². The van der Waals surface area contributed by atoms with Gasteiger partial charge >= 0.3 is 0 Å². The van der Waals surface area contributed by atoms with Gasteiger partial charge in [-0.25, -0.2) is 0 Å². The monoisotopic (exact) mass is 411 g/mol. The van der Waals surface area contributed by atoms with Gasteiger partial charge in [-0.15, -0.1) is 0 Å². The number of rotatable bonds is 3. The van der Waals surface area contributed by atoms with E-state index in [0.29, 0.717) is 28.6 Å². The average molecular weight is 412 g/mol. The van der Waals surface area contributed by atoms with Crippen molar-refractivity contribution in [1.82, 2.24) is 0 Å². The fourth-order valence-corrected chi connectivity index (χ4v) is 4.29. The largest absolute Gasteiger partial charge is 0.294 e. The third kappa shape index (κ3) is 3.65. The predicted molar refractivity (Wildman–Crippen MR) is 113 cm³/mol. The lowest BCUT2D eigenvalue weighted by Crippen LogP contribution is -2.41. The molecule has 0 N–H and O–H groups in total. The van der Waals surface area contributed by atoms with E-state index in [4.69, 9.17) is 23.2 Å². The number of nitrogens with zero attached hydrogens (tertiary/aromatic N) is 1. The van der Waals surface area contributed by atoms with E-state index in [1.165, 1.54) is 0 Å². The quantitative estimate of drug-likeness (QED) is 0.614. The molecule has 0 saturated heterocycles. The molecular formula is C23H19Cl2NO2. The molecule has 2 aromatic rings. The van der Waals surface area contributed by atoms with Crippen molar-refractivity contribution in [3.63, 3.8) is 0 Å². The minimum Gasteiger partial charge on any atom is -0.294 e. The van der Waals surface area contributed by atoms with Gasteiger partial charge in [0.2, 0.25) is 5.91 Å². The molecule has 28 heavy (non-hydrogen) atoms. The summed E-state index contributed by atoms with van der Waals surface area (Å²) in [6, 6.07) is 14.9. The first-order valence-electron chi connectivity index (χ1n) is 9.32. The summed E-state index contributed by atoms with van der Waals surface area (Å²) < 4.78 is 0. The molecule has 3 nitrogen and oxygen atoms in total. The Morgan fingerprint density at radius 1 is 1.00 bits per heavy atom. The topological polar surface area (TPSA) is 37.4 Å². The van der Waals surface area contributed by atoms with Gasteiger partial charge in [0.25, 0.3) is 0 Å². The lowest BCUT2D eigenvalue weighted by atomic mass is 9.80. The second-order valence-electron chi connectivity index (χ2n) is 7.04. The van der Waals surface area contributed by atoms with Gasteiger partial charge in [0.1, 0.15) is 0 Å². The van der Waals surface area contributed by atoms with E-state index < -0.39 is 0 Å². The van der Waals surface area contributed by atoms with Gasteiger partial charge < -0.3 is 0 Å². The Bertz CT molecular complexity index is 995. The minimum absolute atomic E-state index is 0.0691. The molecule has 0 bridgehead atoms. The molecule has 1 heterocycles. The van der Waals surface area contributed by atoms with Crippen LogP contribution < -0.4 is 4.90 Å². The lowest BCUT2D eigenvalue weighted by molar-refractivity contribution is -0.120. The van der Waals surface area contributed by atoms with Crippen molar-refractivity contribution in [3.05, 3.63) is 81.5 Å². The van der Waals surface area contributed by atoms with Crippen LogP contribution in [-0.4, -0.2) is 11.7 Å². The minimum atomic E-state index is -0.218. The predicted octanol–water partition coefficient (Wildman–Crippen LogP) is 6.07. The van der Waals surface area contributed by atoms with Crippen LogP contribution >= 0.6 is 23.2 Å². The van der Waals surface area contributed by atoms with E-state index in [1.54, 1.807) is 23.1 Å². The van der Waals surface area contributed by atoms with Gasteiger partial charge in [-0.3, -0.25) is 14.5 Å². The summed E-state index contributed by atoms with van der Waals surface area (Å²) in [6.45, 7) is 0. The van der Waals surface area contributed by atoms with Gasteiger partial charge in [-0.2, -0.15) is 0 Å². The molecule has 1 atom stereocenters. The Kier molecular flexibility index (Phi) is 5.38. The number of carbonyl (C=O) groups is 2. The molecule has 0 saturated carbocycles. The molecule has 0 aromatic heterocycles. The van der Waals surface area contributed by atoms with E-state index in [1.807, 2.05) is 42.5 Å². The zero-order valence-electron chi connectivity index (χ0n) is 15.2. The first-order valence-corrected chi connectivity index (χ1v) is 10.1. The maximum atomic E-state index is 13.1. The molecule has 2 aliphatic rings. The van der Waals surface area contributed by atoms with E-state index in [0.717, 1.165) is 23.3 Å². The summed E-state index contributed by atoms with van der Waals surface area (Å²) in [6.07, 6.45) is 6.10. The Morgan fingerprint density at radius 2 is 1.79 bits per heavy atom. The van der Waals surface area contributed by atoms with Crippen molar-refractivity contribution >= 4 is 46.7 Å². The SMILES string of the molecule is O=C1CCCC2=C1C(/C=C/c1ccccc1)CC(=O)N2c1cc(Cl)ccc1Cl. The number of Topliss-reactive ketones (excluding diaryl/α,β-unsaturated/α-hetero) is 1. The fraction of sp³-hybridized carbons (Fsp3) is 0.217. The van der Waals surface area contributed by atoms with Gasteiger partial charge in [-0.1, -0.05) is 65.7 Å². The molecule has 4 rings (SSSR count). The molecule has 1 amide bonds. The highest BCUT2D eigenvalue weighted by atomic mass is 35.5. The lowest BCUT2D eigenvalue weighted by Gasteiger charge is -2.37. The van der Waals surface area contributed by atoms with Crippen LogP contribution in [0.2, 0.25) is 10.0 Å². The van der Waals surface area contributed by atoms with Crippen LogP contribution in [0.1, 0.15) is 31.2 Å². The van der Waals surface area contributed by atoms with Crippen molar-refractivity contribution < 1.29 is 9.59 Å². The summed E-state index contributed by atoms with van der Waals surface area (Å²) in [5.41, 5.74) is 3.08. The van der Waals surface area contributed by atoms with Crippen LogP contribution in [0.5, 0.6) is 0 Å². The molecule has 1 unspecified atom stereocenters. The summed E-state index contributed by atoms with van der Waals surface area (Å²) >= 11 is 12.5. The molecular weight excluding hydrogens is 393 g/mol. The van der Waals surface area contributed by atoms with E-state index in [9.17, 15) is 9.59 Å². The van der Waals surface area contributed by atoms with Gasteiger partial charge in [-0.05, 0) is 36.6 Å². The fourth-order valence-electron chi connectivity index (χ4n) is 3.92. The highest BCUT2D eigenvalue weighted by Crippen LogP contribution is 2.42. The highest BCUT2D eigenvalue weighted by molar-refractivity contribution is 6.36. The number of hydrogen-bond acceptors (Lipinski definition) is 2. The van der Waals surface area contributed by atoms with Crippen LogP contribution in [0, 0.1) is 5.92 Å². The second-order valence-corrected chi connectivity index (χ2v) is 7.89. The molecule has 0 radical (unpaired) electrons. The number of carbonyl (C=O) groups excluding carboxylic acids is 2. The summed E-state index contributed by atoms with van der Waals surface area (Å²) in [7, 11) is 0. The molecule has 1 aliphatic carbocycles. The average Bonchev–Trinajstić information content (AvgIpc) is 2.69. The van der Waals surface area contributed by atoms with Crippen LogP contribution in [-0.2, 0) is 9.59 Å². The molecule has 1 aliphatic heterocycles. The van der Waals surface area contributed by atoms with Crippen LogP contribution in [0.15, 0.2) is 65.9 Å². The summed E-state index contributed by atoms with van der Waals surface area (Å²) in [5, 5.41) is 0.948. The number of anilines is 1. The van der Waals surface area contributed by atoms with Gasteiger partial charge in [0, 0.05) is 35.1 Å². The number of benzene rings is 2. The van der Waals surface area contributed by atoms with E-state index in [2.05, 4.69) is 0 Å². The Hall–Kier alpha value is -2.36. The molecule has 0 spiro atoms. The first kappa shape index (κ1) is 19.0. The highest BCUT2D eigenvalue weighted by Gasteiger charge is 2.38. The number of amides is 1. The number of halogens is 2. The maximum absolute atomic E-state index is 13.1. The molecule has 2 aromatic carbocycles. The van der Waals surface area contributed by atoms with Crippen LogP contribution in [0.25, 0.3) is 6.08 Å². The first-order chi connectivity index (χ1) is 13.5. The molecule has 5 heteroatoms. The zero-order valence-corrected chi connectivity index (χ0v) is 16.7. The number of allylic oxidation sites excluding steroid dienone is 3. The van der Waals surface area contributed by atoms with E-state index >= 15 is 0 Å². The van der Waals surface area contributed by atoms with Crippen molar-refractivity contribution in [1.29, 1.82) is 0 Å². The van der Waals surface area contributed by atoms with Crippen molar-refractivity contribution in [2.45, 2.75) is 25.7 Å². The third-order valence-electron chi connectivity index (χ3n) is 5.18. The van der Waals surface area contributed by atoms with Gasteiger partial charge in [0.05, 0.1) is 10.7 Å². The maximum Gasteiger partial charge on any atom is 0.232 e. The van der Waals surface area contributed by atoms with Crippen LogP contribution in [0.3, 0.4) is 0 Å². The smallest absolute Gasteiger partial charge is 0.232 e. The van der Waals surface area contributed by atoms with Gasteiger partial charge in [0.15, 0.2) is 5.78 Å².